The number of ether oxygens (including phenoxy) is 1. The van der Waals surface area contributed by atoms with E-state index < -0.39 is 0 Å². The Labute approximate surface area is 108 Å². The molecule has 0 aliphatic carbocycles. The van der Waals surface area contributed by atoms with E-state index in [1.54, 1.807) is 6.07 Å². The maximum atomic E-state index is 13.1. The number of hydrogen-bond donors (Lipinski definition) is 1. The summed E-state index contributed by atoms with van der Waals surface area (Å²) in [6.07, 6.45) is 2.18. The molecule has 18 heavy (non-hydrogen) atoms. The minimum atomic E-state index is -0.389. The smallest absolute Gasteiger partial charge is 0.126 e. The van der Waals surface area contributed by atoms with Crippen LogP contribution in [0.3, 0.4) is 0 Å². The first-order chi connectivity index (χ1) is 8.61. The Balaban J connectivity index is 2.27. The Kier molecular flexibility index (Phi) is 6.16. The van der Waals surface area contributed by atoms with Gasteiger partial charge in [0, 0.05) is 18.8 Å². The zero-order valence-electron chi connectivity index (χ0n) is 10.9. The van der Waals surface area contributed by atoms with E-state index in [9.17, 15) is 4.39 Å². The van der Waals surface area contributed by atoms with E-state index in [4.69, 9.17) is 10.00 Å². The molecule has 4 heteroatoms. The molecule has 0 amide bonds. The van der Waals surface area contributed by atoms with E-state index in [1.807, 2.05) is 19.9 Å². The van der Waals surface area contributed by atoms with E-state index in [-0.39, 0.29) is 11.9 Å². The topological polar surface area (TPSA) is 45.0 Å². The number of halogens is 1. The van der Waals surface area contributed by atoms with Gasteiger partial charge >= 0.3 is 0 Å². The van der Waals surface area contributed by atoms with Gasteiger partial charge in [-0.3, -0.25) is 0 Å². The van der Waals surface area contributed by atoms with Crippen molar-refractivity contribution in [3.63, 3.8) is 0 Å². The molecular weight excluding hydrogens is 231 g/mol. The summed E-state index contributed by atoms with van der Waals surface area (Å²) in [5.74, 6) is -0.389. The lowest BCUT2D eigenvalue weighted by Crippen LogP contribution is -2.07. The summed E-state index contributed by atoms with van der Waals surface area (Å²) in [5, 5.41) is 11.8. The molecule has 0 aliphatic rings. The molecule has 0 heterocycles. The summed E-state index contributed by atoms with van der Waals surface area (Å²) < 4.78 is 18.5. The van der Waals surface area contributed by atoms with E-state index >= 15 is 0 Å². The van der Waals surface area contributed by atoms with Crippen LogP contribution >= 0.6 is 0 Å². The summed E-state index contributed by atoms with van der Waals surface area (Å²) in [7, 11) is 0. The lowest BCUT2D eigenvalue weighted by Gasteiger charge is -2.09. The Morgan fingerprint density at radius 1 is 1.33 bits per heavy atom. The van der Waals surface area contributed by atoms with Crippen LogP contribution in [-0.4, -0.2) is 19.3 Å². The van der Waals surface area contributed by atoms with Gasteiger partial charge in [-0.1, -0.05) is 0 Å². The Morgan fingerprint density at radius 2 is 2.11 bits per heavy atom. The number of benzene rings is 1. The van der Waals surface area contributed by atoms with Gasteiger partial charge in [0.05, 0.1) is 17.7 Å². The average molecular weight is 250 g/mol. The lowest BCUT2D eigenvalue weighted by molar-refractivity contribution is 0.0765. The summed E-state index contributed by atoms with van der Waals surface area (Å²) >= 11 is 0. The highest BCUT2D eigenvalue weighted by Crippen LogP contribution is 2.13. The van der Waals surface area contributed by atoms with Crippen molar-refractivity contribution in [2.75, 3.05) is 18.5 Å². The molecule has 1 aromatic carbocycles. The number of nitrogens with zero attached hydrogens (tertiary/aromatic N) is 1. The number of hydrogen-bond acceptors (Lipinski definition) is 3. The quantitative estimate of drug-likeness (QED) is 0.755. The molecule has 0 saturated heterocycles. The van der Waals surface area contributed by atoms with Crippen LogP contribution in [0.25, 0.3) is 0 Å². The predicted molar refractivity (Wildman–Crippen MR) is 69.9 cm³/mol. The van der Waals surface area contributed by atoms with Crippen molar-refractivity contribution in [3.05, 3.63) is 29.6 Å². The number of nitrogens with one attached hydrogen (secondary N) is 1. The summed E-state index contributed by atoms with van der Waals surface area (Å²) in [4.78, 5) is 0. The molecule has 1 N–H and O–H groups in total. The zero-order valence-corrected chi connectivity index (χ0v) is 10.9. The molecule has 0 aromatic heterocycles. The largest absolute Gasteiger partial charge is 0.385 e. The van der Waals surface area contributed by atoms with Crippen LogP contribution in [0, 0.1) is 17.1 Å². The SMILES string of the molecule is CC(C)OCCCCNc1cc(F)cc(C#N)c1. The number of anilines is 1. The van der Waals surface area contributed by atoms with E-state index in [0.717, 1.165) is 26.0 Å². The summed E-state index contributed by atoms with van der Waals surface area (Å²) in [5.41, 5.74) is 0.983. The molecule has 0 bridgehead atoms. The van der Waals surface area contributed by atoms with Gasteiger partial charge in [0.2, 0.25) is 0 Å². The van der Waals surface area contributed by atoms with Crippen molar-refractivity contribution in [3.8, 4) is 6.07 Å². The predicted octanol–water partition coefficient (Wildman–Crippen LogP) is 3.31. The van der Waals surface area contributed by atoms with Gasteiger partial charge in [0.25, 0.3) is 0 Å². The van der Waals surface area contributed by atoms with Crippen molar-refractivity contribution in [2.45, 2.75) is 32.8 Å². The first-order valence-corrected chi connectivity index (χ1v) is 6.18. The fourth-order valence-electron chi connectivity index (χ4n) is 1.54. The number of rotatable bonds is 7. The average Bonchev–Trinajstić information content (AvgIpc) is 2.32. The van der Waals surface area contributed by atoms with Crippen molar-refractivity contribution in [2.24, 2.45) is 0 Å². The van der Waals surface area contributed by atoms with Crippen molar-refractivity contribution in [1.29, 1.82) is 5.26 Å². The molecule has 98 valence electrons. The number of nitriles is 1. The van der Waals surface area contributed by atoms with Crippen LogP contribution in [0.2, 0.25) is 0 Å². The standard InChI is InChI=1S/C14H19FN2O/c1-11(2)18-6-4-3-5-17-14-8-12(10-16)7-13(15)9-14/h7-9,11,17H,3-6H2,1-2H3. The molecule has 1 aromatic rings. The molecule has 0 saturated carbocycles. The molecule has 0 spiro atoms. The van der Waals surface area contributed by atoms with Crippen LogP contribution in [0.15, 0.2) is 18.2 Å². The summed E-state index contributed by atoms with van der Waals surface area (Å²) in [6, 6.07) is 6.20. The van der Waals surface area contributed by atoms with Crippen molar-refractivity contribution in [1.82, 2.24) is 0 Å². The first-order valence-electron chi connectivity index (χ1n) is 6.18. The minimum absolute atomic E-state index is 0.263. The fraction of sp³-hybridized carbons (Fsp3) is 0.500. The van der Waals surface area contributed by atoms with Crippen molar-refractivity contribution < 1.29 is 9.13 Å². The molecule has 0 aliphatic heterocycles. The van der Waals surface area contributed by atoms with Crippen LogP contribution < -0.4 is 5.32 Å². The summed E-state index contributed by atoms with van der Waals surface area (Å²) in [6.45, 7) is 5.50. The number of unbranched alkanes of at least 4 members (excludes halogenated alkanes) is 1. The van der Waals surface area contributed by atoms with Gasteiger partial charge in [0.15, 0.2) is 0 Å². The highest BCUT2D eigenvalue weighted by atomic mass is 19.1. The van der Waals surface area contributed by atoms with Crippen LogP contribution in [0.5, 0.6) is 0 Å². The van der Waals surface area contributed by atoms with Gasteiger partial charge in [-0.2, -0.15) is 5.26 Å². The third kappa shape index (κ3) is 5.65. The third-order valence-electron chi connectivity index (χ3n) is 2.38. The van der Waals surface area contributed by atoms with Crippen LogP contribution in [0.4, 0.5) is 10.1 Å². The second kappa shape index (κ2) is 7.67. The van der Waals surface area contributed by atoms with Gasteiger partial charge in [-0.25, -0.2) is 4.39 Å². The van der Waals surface area contributed by atoms with E-state index in [2.05, 4.69) is 5.32 Å². The maximum Gasteiger partial charge on any atom is 0.126 e. The van der Waals surface area contributed by atoms with Gasteiger partial charge in [-0.05, 0) is 44.9 Å². The van der Waals surface area contributed by atoms with E-state index in [1.165, 1.54) is 12.1 Å². The van der Waals surface area contributed by atoms with Crippen LogP contribution in [0.1, 0.15) is 32.3 Å². The normalized spacial score (nSPS) is 10.4. The monoisotopic (exact) mass is 250 g/mol. The Bertz CT molecular complexity index is 413. The molecule has 0 unspecified atom stereocenters. The van der Waals surface area contributed by atoms with Crippen molar-refractivity contribution >= 4 is 5.69 Å². The minimum Gasteiger partial charge on any atom is -0.385 e. The third-order valence-corrected chi connectivity index (χ3v) is 2.38. The molecule has 0 fully saturated rings. The maximum absolute atomic E-state index is 13.1. The lowest BCUT2D eigenvalue weighted by atomic mass is 10.2. The highest BCUT2D eigenvalue weighted by molar-refractivity contribution is 5.49. The van der Waals surface area contributed by atoms with Gasteiger partial charge in [0.1, 0.15) is 5.82 Å². The second-order valence-corrected chi connectivity index (χ2v) is 4.39. The fourth-order valence-corrected chi connectivity index (χ4v) is 1.54. The Morgan fingerprint density at radius 3 is 2.78 bits per heavy atom. The van der Waals surface area contributed by atoms with Gasteiger partial charge in [-0.15, -0.1) is 0 Å². The Hall–Kier alpha value is -1.60. The molecule has 0 radical (unpaired) electrons. The van der Waals surface area contributed by atoms with E-state index in [0.29, 0.717) is 11.3 Å². The molecule has 3 nitrogen and oxygen atoms in total. The second-order valence-electron chi connectivity index (χ2n) is 4.39. The van der Waals surface area contributed by atoms with Gasteiger partial charge < -0.3 is 10.1 Å². The zero-order chi connectivity index (χ0) is 13.4. The molecule has 0 atom stereocenters. The first kappa shape index (κ1) is 14.5. The molecular formula is C14H19FN2O. The molecule has 1 rings (SSSR count). The highest BCUT2D eigenvalue weighted by Gasteiger charge is 2.00. The van der Waals surface area contributed by atoms with Crippen LogP contribution in [-0.2, 0) is 4.74 Å².